The minimum absolute atomic E-state index is 0.434. The van der Waals surface area contributed by atoms with E-state index < -0.39 is 0 Å². The molecule has 0 atom stereocenters. The molecular formula is C13H14N2. The van der Waals surface area contributed by atoms with E-state index in [9.17, 15) is 0 Å². The molecule has 0 N–H and O–H groups in total. The summed E-state index contributed by atoms with van der Waals surface area (Å²) >= 11 is 0. The van der Waals surface area contributed by atoms with Crippen LogP contribution in [0.1, 0.15) is 32.1 Å². The van der Waals surface area contributed by atoms with E-state index in [4.69, 9.17) is 10.5 Å². The Labute approximate surface area is 90.2 Å². The summed E-state index contributed by atoms with van der Waals surface area (Å²) in [6.45, 7) is 0. The second-order valence-corrected chi connectivity index (χ2v) is 5.36. The molecule has 2 heteroatoms. The van der Waals surface area contributed by atoms with Crippen LogP contribution in [0.4, 0.5) is 0 Å². The third-order valence-corrected chi connectivity index (χ3v) is 4.53. The Morgan fingerprint density at radius 3 is 1.73 bits per heavy atom. The third-order valence-electron chi connectivity index (χ3n) is 4.53. The van der Waals surface area contributed by atoms with Crippen molar-refractivity contribution >= 4 is 0 Å². The van der Waals surface area contributed by atoms with Crippen LogP contribution in [-0.4, -0.2) is 0 Å². The highest BCUT2D eigenvalue weighted by molar-refractivity contribution is 5.44. The van der Waals surface area contributed by atoms with Gasteiger partial charge in [0.1, 0.15) is 17.7 Å². The molecule has 4 bridgehead atoms. The fourth-order valence-corrected chi connectivity index (χ4v) is 4.25. The molecule has 0 aliphatic heterocycles. The van der Waals surface area contributed by atoms with E-state index in [0.717, 1.165) is 11.8 Å². The first-order valence-corrected chi connectivity index (χ1v) is 5.86. The molecule has 15 heavy (non-hydrogen) atoms. The molecule has 0 heterocycles. The highest BCUT2D eigenvalue weighted by Crippen LogP contribution is 2.56. The Hall–Kier alpha value is -1.28. The molecule has 4 rings (SSSR count). The molecule has 0 aromatic heterocycles. The molecule has 0 aromatic carbocycles. The minimum Gasteiger partial charge on any atom is -0.192 e. The maximum Gasteiger partial charge on any atom is 0.129 e. The van der Waals surface area contributed by atoms with Gasteiger partial charge in [0, 0.05) is 0 Å². The summed E-state index contributed by atoms with van der Waals surface area (Å²) in [5.74, 6) is 2.95. The largest absolute Gasteiger partial charge is 0.192 e. The van der Waals surface area contributed by atoms with Crippen LogP contribution in [0, 0.1) is 46.3 Å². The zero-order valence-corrected chi connectivity index (χ0v) is 8.74. The van der Waals surface area contributed by atoms with Crippen molar-refractivity contribution < 1.29 is 0 Å². The number of rotatable bonds is 0. The Kier molecular flexibility index (Phi) is 1.86. The predicted octanol–water partition coefficient (Wildman–Crippen LogP) is 2.79. The average Bonchev–Trinajstić information content (AvgIpc) is 2.22. The molecule has 0 unspecified atom stereocenters. The van der Waals surface area contributed by atoms with Crippen molar-refractivity contribution in [3.05, 3.63) is 11.1 Å². The summed E-state index contributed by atoms with van der Waals surface area (Å²) in [4.78, 5) is 0. The number of nitrogens with zero attached hydrogens (tertiary/aromatic N) is 2. The SMILES string of the molecule is N#CC(C#N)=C1C2CC3CC(C2)CC1C3. The van der Waals surface area contributed by atoms with Crippen LogP contribution >= 0.6 is 0 Å². The smallest absolute Gasteiger partial charge is 0.129 e. The van der Waals surface area contributed by atoms with Crippen LogP contribution in [0.25, 0.3) is 0 Å². The minimum atomic E-state index is 0.434. The van der Waals surface area contributed by atoms with Crippen molar-refractivity contribution in [2.24, 2.45) is 23.7 Å². The van der Waals surface area contributed by atoms with Gasteiger partial charge in [0.25, 0.3) is 0 Å². The van der Waals surface area contributed by atoms with Crippen molar-refractivity contribution in [3.63, 3.8) is 0 Å². The Bertz CT molecular complexity index is 359. The van der Waals surface area contributed by atoms with Gasteiger partial charge in [0.05, 0.1) is 0 Å². The second kappa shape index (κ2) is 3.11. The van der Waals surface area contributed by atoms with Crippen LogP contribution in [0.3, 0.4) is 0 Å². The quantitative estimate of drug-likeness (QED) is 0.562. The van der Waals surface area contributed by atoms with Gasteiger partial charge in [0.2, 0.25) is 0 Å². The van der Waals surface area contributed by atoms with Crippen molar-refractivity contribution in [1.82, 2.24) is 0 Å². The number of nitriles is 2. The number of hydrogen-bond donors (Lipinski definition) is 0. The lowest BCUT2D eigenvalue weighted by molar-refractivity contribution is 0.0691. The Morgan fingerprint density at radius 2 is 1.33 bits per heavy atom. The van der Waals surface area contributed by atoms with Gasteiger partial charge >= 0.3 is 0 Å². The summed E-state index contributed by atoms with van der Waals surface area (Å²) in [7, 11) is 0. The monoisotopic (exact) mass is 198 g/mol. The molecule has 2 nitrogen and oxygen atoms in total. The summed E-state index contributed by atoms with van der Waals surface area (Å²) in [6, 6.07) is 4.20. The van der Waals surface area contributed by atoms with Gasteiger partial charge < -0.3 is 0 Å². The van der Waals surface area contributed by atoms with Crippen LogP contribution in [0.15, 0.2) is 11.1 Å². The molecule has 4 fully saturated rings. The number of allylic oxidation sites excluding steroid dienone is 2. The highest BCUT2D eigenvalue weighted by atomic mass is 14.5. The topological polar surface area (TPSA) is 47.6 Å². The summed E-state index contributed by atoms with van der Waals surface area (Å²) in [5.41, 5.74) is 1.66. The lowest BCUT2D eigenvalue weighted by Gasteiger charge is -2.51. The molecule has 4 aliphatic rings. The van der Waals surface area contributed by atoms with E-state index in [2.05, 4.69) is 12.1 Å². The van der Waals surface area contributed by atoms with Crippen LogP contribution in [-0.2, 0) is 0 Å². The molecule has 0 aromatic rings. The standard InChI is InChI=1S/C13H14N2/c14-6-12(7-15)13-10-2-8-1-9(4-10)5-11(13)3-8/h8-11H,1-5H2. The summed E-state index contributed by atoms with van der Waals surface area (Å²) < 4.78 is 0. The van der Waals surface area contributed by atoms with E-state index in [1.54, 1.807) is 0 Å². The van der Waals surface area contributed by atoms with Gasteiger partial charge in [-0.05, 0) is 61.3 Å². The Morgan fingerprint density at radius 1 is 0.867 bits per heavy atom. The van der Waals surface area contributed by atoms with Crippen molar-refractivity contribution in [3.8, 4) is 12.1 Å². The van der Waals surface area contributed by atoms with Gasteiger partial charge in [-0.15, -0.1) is 0 Å². The molecule has 4 saturated carbocycles. The second-order valence-electron chi connectivity index (χ2n) is 5.36. The molecule has 0 amide bonds. The van der Waals surface area contributed by atoms with Gasteiger partial charge in [-0.25, -0.2) is 0 Å². The summed E-state index contributed by atoms with van der Waals surface area (Å²) in [6.07, 6.45) is 6.39. The van der Waals surface area contributed by atoms with Crippen LogP contribution in [0.2, 0.25) is 0 Å². The number of hydrogen-bond acceptors (Lipinski definition) is 2. The van der Waals surface area contributed by atoms with E-state index in [0.29, 0.717) is 17.4 Å². The molecule has 0 saturated heterocycles. The first-order chi connectivity index (χ1) is 7.31. The highest BCUT2D eigenvalue weighted by Gasteiger charge is 2.46. The van der Waals surface area contributed by atoms with E-state index in [1.807, 2.05) is 0 Å². The lowest BCUT2D eigenvalue weighted by atomic mass is 9.53. The first-order valence-electron chi connectivity index (χ1n) is 5.86. The van der Waals surface area contributed by atoms with Gasteiger partial charge in [-0.3, -0.25) is 0 Å². The van der Waals surface area contributed by atoms with Crippen molar-refractivity contribution in [2.75, 3.05) is 0 Å². The molecule has 0 radical (unpaired) electrons. The van der Waals surface area contributed by atoms with E-state index >= 15 is 0 Å². The Balaban J connectivity index is 2.03. The average molecular weight is 198 g/mol. The zero-order valence-electron chi connectivity index (χ0n) is 8.74. The lowest BCUT2D eigenvalue weighted by Crippen LogP contribution is -2.40. The maximum absolute atomic E-state index is 8.98. The van der Waals surface area contributed by atoms with Gasteiger partial charge in [-0.2, -0.15) is 10.5 Å². The van der Waals surface area contributed by atoms with E-state index in [-0.39, 0.29) is 0 Å². The normalized spacial score (nSPS) is 41.1. The van der Waals surface area contributed by atoms with Crippen LogP contribution in [0.5, 0.6) is 0 Å². The van der Waals surface area contributed by atoms with Crippen molar-refractivity contribution in [1.29, 1.82) is 10.5 Å². The van der Waals surface area contributed by atoms with Gasteiger partial charge in [0.15, 0.2) is 0 Å². The maximum atomic E-state index is 8.98. The third kappa shape index (κ3) is 1.21. The summed E-state index contributed by atoms with van der Waals surface area (Å²) in [5, 5.41) is 18.0. The van der Waals surface area contributed by atoms with E-state index in [1.165, 1.54) is 37.7 Å². The molecule has 76 valence electrons. The molecule has 4 aliphatic carbocycles. The zero-order chi connectivity index (χ0) is 10.4. The molecule has 0 spiro atoms. The van der Waals surface area contributed by atoms with Gasteiger partial charge in [-0.1, -0.05) is 0 Å². The fraction of sp³-hybridized carbons (Fsp3) is 0.692. The van der Waals surface area contributed by atoms with Crippen LogP contribution < -0.4 is 0 Å². The fourth-order valence-electron chi connectivity index (χ4n) is 4.25. The first kappa shape index (κ1) is 8.98. The van der Waals surface area contributed by atoms with Crippen molar-refractivity contribution in [2.45, 2.75) is 32.1 Å². The molecular weight excluding hydrogens is 184 g/mol. The predicted molar refractivity (Wildman–Crippen MR) is 55.3 cm³/mol.